The molecule has 0 bridgehead atoms. The van der Waals surface area contributed by atoms with Crippen molar-refractivity contribution in [2.45, 2.75) is 13.8 Å². The molecule has 0 aliphatic carbocycles. The van der Waals surface area contributed by atoms with Gasteiger partial charge in [0, 0.05) is 50.0 Å². The van der Waals surface area contributed by atoms with Gasteiger partial charge >= 0.3 is 0 Å². The smallest absolute Gasteiger partial charge is 0.274 e. The van der Waals surface area contributed by atoms with Gasteiger partial charge in [0.15, 0.2) is 0 Å². The number of hydrogen-bond donors (Lipinski definition) is 0. The van der Waals surface area contributed by atoms with Crippen molar-refractivity contribution in [2.24, 2.45) is 0 Å². The van der Waals surface area contributed by atoms with E-state index in [9.17, 15) is 4.79 Å². The van der Waals surface area contributed by atoms with Gasteiger partial charge in [-0.15, -0.1) is 0 Å². The molecule has 0 saturated carbocycles. The normalized spacial score (nSPS) is 15.0. The Morgan fingerprint density at radius 3 is 2.32 bits per heavy atom. The maximum absolute atomic E-state index is 12.3. The van der Waals surface area contributed by atoms with Crippen LogP contribution in [0.1, 0.15) is 21.9 Å². The summed E-state index contributed by atoms with van der Waals surface area (Å²) in [5.74, 6) is 0.665. The molecule has 1 aliphatic heterocycles. The molecule has 114 valence electrons. The van der Waals surface area contributed by atoms with Crippen molar-refractivity contribution in [2.75, 3.05) is 31.1 Å². The van der Waals surface area contributed by atoms with Gasteiger partial charge in [0.25, 0.3) is 5.91 Å². The van der Waals surface area contributed by atoms with Gasteiger partial charge in [0.05, 0.1) is 6.20 Å². The van der Waals surface area contributed by atoms with E-state index in [1.54, 1.807) is 11.1 Å². The van der Waals surface area contributed by atoms with Crippen LogP contribution in [0.15, 0.2) is 24.7 Å². The van der Waals surface area contributed by atoms with E-state index in [0.717, 1.165) is 30.4 Å². The van der Waals surface area contributed by atoms with Crippen LogP contribution in [-0.4, -0.2) is 56.9 Å². The number of aromatic nitrogens is 4. The number of amides is 1. The Morgan fingerprint density at radius 1 is 1.05 bits per heavy atom. The van der Waals surface area contributed by atoms with Crippen LogP contribution in [0.5, 0.6) is 0 Å². The van der Waals surface area contributed by atoms with Crippen molar-refractivity contribution in [1.29, 1.82) is 0 Å². The van der Waals surface area contributed by atoms with Crippen LogP contribution in [0, 0.1) is 13.8 Å². The zero-order chi connectivity index (χ0) is 15.5. The molecule has 0 radical (unpaired) electrons. The van der Waals surface area contributed by atoms with Crippen LogP contribution in [0.2, 0.25) is 0 Å². The zero-order valence-electron chi connectivity index (χ0n) is 12.7. The second-order valence-electron chi connectivity index (χ2n) is 5.32. The molecule has 0 atom stereocenters. The van der Waals surface area contributed by atoms with Crippen LogP contribution >= 0.6 is 0 Å². The highest BCUT2D eigenvalue weighted by Gasteiger charge is 2.24. The number of anilines is 1. The van der Waals surface area contributed by atoms with Gasteiger partial charge in [-0.1, -0.05) is 0 Å². The maximum atomic E-state index is 12.3. The Morgan fingerprint density at radius 2 is 1.73 bits per heavy atom. The number of nitrogens with zero attached hydrogens (tertiary/aromatic N) is 6. The van der Waals surface area contributed by atoms with Crippen molar-refractivity contribution in [1.82, 2.24) is 24.8 Å². The molecule has 0 aromatic carbocycles. The Balaban J connectivity index is 1.66. The average molecular weight is 298 g/mol. The highest BCUT2D eigenvalue weighted by molar-refractivity contribution is 5.92. The fourth-order valence-electron chi connectivity index (χ4n) is 2.53. The fraction of sp³-hybridized carbons (Fsp3) is 0.400. The third kappa shape index (κ3) is 3.03. The molecule has 1 amide bonds. The van der Waals surface area contributed by atoms with Gasteiger partial charge < -0.3 is 9.80 Å². The Kier molecular flexibility index (Phi) is 3.95. The molecule has 2 aromatic rings. The predicted octanol–water partition coefficient (Wildman–Crippen LogP) is 0.846. The van der Waals surface area contributed by atoms with Crippen LogP contribution in [0.3, 0.4) is 0 Å². The third-order valence-electron chi connectivity index (χ3n) is 3.60. The molecule has 3 rings (SSSR count). The monoisotopic (exact) mass is 298 g/mol. The van der Waals surface area contributed by atoms with Gasteiger partial charge in [-0.05, 0) is 19.9 Å². The summed E-state index contributed by atoms with van der Waals surface area (Å²) < 4.78 is 0. The lowest BCUT2D eigenvalue weighted by Crippen LogP contribution is -2.49. The predicted molar refractivity (Wildman–Crippen MR) is 81.7 cm³/mol. The molecule has 0 N–H and O–H groups in total. The summed E-state index contributed by atoms with van der Waals surface area (Å²) in [7, 11) is 0. The number of carbonyl (C=O) groups excluding carboxylic acids is 1. The lowest BCUT2D eigenvalue weighted by molar-refractivity contribution is 0.0740. The van der Waals surface area contributed by atoms with Crippen molar-refractivity contribution in [3.8, 4) is 0 Å². The van der Waals surface area contributed by atoms with Crippen LogP contribution in [0.25, 0.3) is 0 Å². The lowest BCUT2D eigenvalue weighted by Gasteiger charge is -2.34. The quantitative estimate of drug-likeness (QED) is 0.818. The van der Waals surface area contributed by atoms with E-state index in [2.05, 4.69) is 24.8 Å². The summed E-state index contributed by atoms with van der Waals surface area (Å²) in [5, 5.41) is 0. The topological polar surface area (TPSA) is 75.1 Å². The van der Waals surface area contributed by atoms with E-state index in [-0.39, 0.29) is 5.91 Å². The first-order chi connectivity index (χ1) is 10.6. The fourth-order valence-corrected chi connectivity index (χ4v) is 2.53. The minimum atomic E-state index is -0.0749. The van der Waals surface area contributed by atoms with Crippen molar-refractivity contribution in [3.63, 3.8) is 0 Å². The second kappa shape index (κ2) is 6.05. The Hall–Kier alpha value is -2.57. The summed E-state index contributed by atoms with van der Waals surface area (Å²) in [4.78, 5) is 33.2. The van der Waals surface area contributed by atoms with E-state index in [1.807, 2.05) is 19.9 Å². The van der Waals surface area contributed by atoms with Crippen molar-refractivity contribution >= 4 is 11.9 Å². The lowest BCUT2D eigenvalue weighted by atomic mass is 10.3. The number of aryl methyl sites for hydroxylation is 2. The molecule has 7 nitrogen and oxygen atoms in total. The summed E-state index contributed by atoms with van der Waals surface area (Å²) in [5.41, 5.74) is 2.31. The molecule has 1 saturated heterocycles. The molecule has 22 heavy (non-hydrogen) atoms. The van der Waals surface area contributed by atoms with Crippen LogP contribution in [0.4, 0.5) is 5.95 Å². The highest BCUT2D eigenvalue weighted by atomic mass is 16.2. The van der Waals surface area contributed by atoms with E-state index in [0.29, 0.717) is 18.8 Å². The van der Waals surface area contributed by atoms with Crippen LogP contribution < -0.4 is 4.90 Å². The Labute approximate surface area is 129 Å². The molecule has 1 aliphatic rings. The van der Waals surface area contributed by atoms with Gasteiger partial charge in [0.1, 0.15) is 5.69 Å². The molecule has 0 spiro atoms. The summed E-state index contributed by atoms with van der Waals surface area (Å²) in [6.45, 7) is 6.62. The van der Waals surface area contributed by atoms with E-state index >= 15 is 0 Å². The average Bonchev–Trinajstić information content (AvgIpc) is 2.54. The number of rotatable bonds is 2. The largest absolute Gasteiger partial charge is 0.337 e. The van der Waals surface area contributed by atoms with E-state index in [1.165, 1.54) is 12.4 Å². The third-order valence-corrected chi connectivity index (χ3v) is 3.60. The second-order valence-corrected chi connectivity index (χ2v) is 5.32. The van der Waals surface area contributed by atoms with E-state index in [4.69, 9.17) is 0 Å². The molecule has 7 heteroatoms. The highest BCUT2D eigenvalue weighted by Crippen LogP contribution is 2.14. The Bertz CT molecular complexity index is 647. The van der Waals surface area contributed by atoms with Gasteiger partial charge in [-0.2, -0.15) is 0 Å². The standard InChI is InChI=1S/C15H18N6O/c1-11-9-12(2)19-15(18-11)21-7-5-20(6-8-21)14(22)13-10-16-3-4-17-13/h3-4,9-10H,5-8H2,1-2H3. The molecule has 0 unspecified atom stereocenters. The number of carbonyl (C=O) groups is 1. The zero-order valence-corrected chi connectivity index (χ0v) is 12.7. The molecular weight excluding hydrogens is 280 g/mol. The molecular formula is C15H18N6O. The van der Waals surface area contributed by atoms with Crippen LogP contribution in [-0.2, 0) is 0 Å². The first-order valence-electron chi connectivity index (χ1n) is 7.26. The molecule has 1 fully saturated rings. The van der Waals surface area contributed by atoms with Crippen molar-refractivity contribution < 1.29 is 4.79 Å². The SMILES string of the molecule is Cc1cc(C)nc(N2CCN(C(=O)c3cnccn3)CC2)n1. The molecule has 2 aromatic heterocycles. The van der Waals surface area contributed by atoms with Crippen molar-refractivity contribution in [3.05, 3.63) is 41.7 Å². The summed E-state index contributed by atoms with van der Waals surface area (Å²) >= 11 is 0. The first kappa shape index (κ1) is 14.4. The number of piperazine rings is 1. The first-order valence-corrected chi connectivity index (χ1v) is 7.26. The minimum absolute atomic E-state index is 0.0749. The van der Waals surface area contributed by atoms with Gasteiger partial charge in [0.2, 0.25) is 5.95 Å². The maximum Gasteiger partial charge on any atom is 0.274 e. The number of hydrogen-bond acceptors (Lipinski definition) is 6. The van der Waals surface area contributed by atoms with Gasteiger partial charge in [-0.25, -0.2) is 15.0 Å². The molecule has 3 heterocycles. The summed E-state index contributed by atoms with van der Waals surface area (Å²) in [6.07, 6.45) is 4.60. The summed E-state index contributed by atoms with van der Waals surface area (Å²) in [6, 6.07) is 1.96. The van der Waals surface area contributed by atoms with E-state index < -0.39 is 0 Å². The minimum Gasteiger partial charge on any atom is -0.337 e. The van der Waals surface area contributed by atoms with Gasteiger partial charge in [-0.3, -0.25) is 9.78 Å².